The number of nitrogens with one attached hydrogen (secondary N) is 2. The Balaban J connectivity index is 2.48. The number of ether oxygens (including phenoxy) is 1. The van der Waals surface area contributed by atoms with Gasteiger partial charge in [-0.15, -0.1) is 0 Å². The Labute approximate surface area is 298 Å². The number of carbonyl (C=O) groups excluding carboxylic acids is 1. The number of hydrogen-bond donors (Lipinski definition) is 3. The molecule has 49 heavy (non-hydrogen) atoms. The maximum atomic E-state index is 13.3. The second-order valence-corrected chi connectivity index (χ2v) is 19.7. The van der Waals surface area contributed by atoms with E-state index in [1.54, 1.807) is 7.11 Å². The van der Waals surface area contributed by atoms with E-state index in [1.807, 2.05) is 18.2 Å². The third-order valence-electron chi connectivity index (χ3n) is 9.83. The number of aryl methyl sites for hydroxylation is 1. The molecule has 9 nitrogen and oxygen atoms in total. The molecular formula is C39H66N6O3Si. The molecular weight excluding hydrogens is 629 g/mol. The Kier molecular flexibility index (Phi) is 18.1. The molecule has 0 aliphatic carbocycles. The monoisotopic (exact) mass is 694 g/mol. The lowest BCUT2D eigenvalue weighted by Gasteiger charge is -2.36. The van der Waals surface area contributed by atoms with E-state index in [2.05, 4.69) is 70.1 Å². The first-order valence-electron chi connectivity index (χ1n) is 18.6. The predicted molar refractivity (Wildman–Crippen MR) is 207 cm³/mol. The molecule has 0 bridgehead atoms. The summed E-state index contributed by atoms with van der Waals surface area (Å²) in [6.07, 6.45) is 11.6. The normalized spacial score (nSPS) is 12.5. The first-order chi connectivity index (χ1) is 23.3. The van der Waals surface area contributed by atoms with Crippen LogP contribution in [0.15, 0.2) is 18.2 Å². The minimum absolute atomic E-state index is 0.0371. The van der Waals surface area contributed by atoms with Crippen molar-refractivity contribution in [3.63, 3.8) is 0 Å². The maximum absolute atomic E-state index is 13.3. The van der Waals surface area contributed by atoms with Gasteiger partial charge in [-0.1, -0.05) is 80.1 Å². The number of nitrogens with zero attached hydrogens (tertiary/aromatic N) is 3. The Bertz CT molecular complexity index is 1330. The summed E-state index contributed by atoms with van der Waals surface area (Å²) in [5.74, 6) is 1.65. The van der Waals surface area contributed by atoms with Crippen molar-refractivity contribution in [3.8, 4) is 5.75 Å². The van der Waals surface area contributed by atoms with E-state index in [0.29, 0.717) is 31.7 Å². The third-order valence-corrected chi connectivity index (χ3v) is 14.4. The largest absolute Gasteiger partial charge is 0.496 e. The number of nitrogen functional groups attached to an aromatic ring is 1. The number of rotatable bonds is 23. The van der Waals surface area contributed by atoms with Crippen LogP contribution >= 0.6 is 0 Å². The molecule has 1 heterocycles. The van der Waals surface area contributed by atoms with E-state index < -0.39 is 8.32 Å². The first-order valence-corrected chi connectivity index (χ1v) is 21.5. The summed E-state index contributed by atoms with van der Waals surface area (Å²) in [5, 5.41) is 7.22. The zero-order valence-electron chi connectivity index (χ0n) is 32.1. The number of benzene rings is 1. The molecule has 1 amide bonds. The lowest BCUT2D eigenvalue weighted by atomic mass is 9.98. The summed E-state index contributed by atoms with van der Waals surface area (Å²) >= 11 is 0. The molecule has 274 valence electrons. The minimum Gasteiger partial charge on any atom is -0.496 e. The average Bonchev–Trinajstić information content (AvgIpc) is 3.04. The van der Waals surface area contributed by atoms with E-state index in [1.165, 1.54) is 0 Å². The number of anilines is 2. The Morgan fingerprint density at radius 1 is 1.00 bits per heavy atom. The van der Waals surface area contributed by atoms with Gasteiger partial charge in [-0.3, -0.25) is 4.79 Å². The molecule has 0 aliphatic heterocycles. The third kappa shape index (κ3) is 14.3. The van der Waals surface area contributed by atoms with Crippen LogP contribution in [0.25, 0.3) is 4.85 Å². The highest BCUT2D eigenvalue weighted by Gasteiger charge is 2.37. The molecule has 0 spiro atoms. The number of unbranched alkanes of at least 4 members (excludes halogenated alkanes) is 3. The number of nitrogens with two attached hydrogens (primary N) is 1. The van der Waals surface area contributed by atoms with E-state index in [9.17, 15) is 4.79 Å². The first kappa shape index (κ1) is 42.0. The van der Waals surface area contributed by atoms with Crippen LogP contribution < -0.4 is 21.1 Å². The number of aromatic nitrogens is 2. The summed E-state index contributed by atoms with van der Waals surface area (Å²) in [7, 11) is -0.232. The van der Waals surface area contributed by atoms with E-state index in [4.69, 9.17) is 31.4 Å². The Morgan fingerprint density at radius 3 is 2.20 bits per heavy atom. The van der Waals surface area contributed by atoms with Gasteiger partial charge in [0.1, 0.15) is 11.6 Å². The quantitative estimate of drug-likeness (QED) is 0.0785. The van der Waals surface area contributed by atoms with Gasteiger partial charge in [-0.25, -0.2) is 11.6 Å². The summed E-state index contributed by atoms with van der Waals surface area (Å²) < 4.78 is 12.4. The van der Waals surface area contributed by atoms with Crippen LogP contribution in [0.2, 0.25) is 18.1 Å². The highest BCUT2D eigenvalue weighted by atomic mass is 28.4. The van der Waals surface area contributed by atoms with Crippen molar-refractivity contribution in [1.82, 2.24) is 15.3 Å². The van der Waals surface area contributed by atoms with Crippen molar-refractivity contribution in [2.24, 2.45) is 0 Å². The molecule has 1 atom stereocenters. The van der Waals surface area contributed by atoms with Gasteiger partial charge < -0.3 is 30.4 Å². The van der Waals surface area contributed by atoms with Gasteiger partial charge in [-0.2, -0.15) is 4.98 Å². The lowest BCUT2D eigenvalue weighted by molar-refractivity contribution is -0.121. The van der Waals surface area contributed by atoms with E-state index >= 15 is 0 Å². The van der Waals surface area contributed by atoms with Gasteiger partial charge >= 0.3 is 0 Å². The van der Waals surface area contributed by atoms with Crippen LogP contribution in [0.1, 0.15) is 135 Å². The van der Waals surface area contributed by atoms with Gasteiger partial charge in [0.15, 0.2) is 8.32 Å². The van der Waals surface area contributed by atoms with Crippen LogP contribution in [0.4, 0.5) is 11.8 Å². The fourth-order valence-electron chi connectivity index (χ4n) is 5.74. The molecule has 0 fully saturated rings. The topological polar surface area (TPSA) is 116 Å². The number of hydrogen-bond acceptors (Lipinski definition) is 7. The molecule has 0 saturated carbocycles. The Morgan fingerprint density at radius 2 is 1.63 bits per heavy atom. The van der Waals surface area contributed by atoms with Gasteiger partial charge in [0, 0.05) is 42.7 Å². The predicted octanol–water partition coefficient (Wildman–Crippen LogP) is 9.26. The zero-order chi connectivity index (χ0) is 36.5. The second kappa shape index (κ2) is 21.1. The SMILES string of the molecule is [C-]#[N+]Cc1ccc(OC)c(Cc2c(CCC(=O)NC(CCCC)CCCC)nc(N)nc2N[C@@H](CCCC)CCO[Si](C)(C)C(C)(C)C)c1. The van der Waals surface area contributed by atoms with Crippen LogP contribution in [0.3, 0.4) is 0 Å². The fraction of sp³-hybridized carbons (Fsp3) is 0.692. The molecule has 4 N–H and O–H groups in total. The molecule has 0 radical (unpaired) electrons. The zero-order valence-corrected chi connectivity index (χ0v) is 33.1. The van der Waals surface area contributed by atoms with Gasteiger partial charge in [0.05, 0.1) is 12.8 Å². The van der Waals surface area contributed by atoms with Gasteiger partial charge in [-0.05, 0) is 74.0 Å². The molecule has 0 unspecified atom stereocenters. The van der Waals surface area contributed by atoms with Gasteiger partial charge in [0.25, 0.3) is 0 Å². The number of carbonyl (C=O) groups is 1. The lowest BCUT2D eigenvalue weighted by Crippen LogP contribution is -2.41. The van der Waals surface area contributed by atoms with Crippen LogP contribution in [-0.4, -0.2) is 50.0 Å². The smallest absolute Gasteiger partial charge is 0.239 e. The van der Waals surface area contributed by atoms with Gasteiger partial charge in [0.2, 0.25) is 18.4 Å². The van der Waals surface area contributed by atoms with E-state index in [-0.39, 0.29) is 35.5 Å². The molecule has 2 rings (SSSR count). The summed E-state index contributed by atoms with van der Waals surface area (Å²) in [4.78, 5) is 26.4. The summed E-state index contributed by atoms with van der Waals surface area (Å²) in [5.41, 5.74) is 9.90. The molecule has 2 aromatic rings. The van der Waals surface area contributed by atoms with Crippen molar-refractivity contribution in [3.05, 3.63) is 52.0 Å². The molecule has 1 aromatic heterocycles. The van der Waals surface area contributed by atoms with Crippen molar-refractivity contribution < 1.29 is 14.0 Å². The highest BCUT2D eigenvalue weighted by Crippen LogP contribution is 2.37. The number of amides is 1. The average molecular weight is 695 g/mol. The minimum atomic E-state index is -1.89. The van der Waals surface area contributed by atoms with Crippen LogP contribution in [0, 0.1) is 6.57 Å². The Hall–Kier alpha value is -3.16. The summed E-state index contributed by atoms with van der Waals surface area (Å²) in [6, 6.07) is 6.20. The van der Waals surface area contributed by atoms with Crippen LogP contribution in [0.5, 0.6) is 5.75 Å². The molecule has 10 heteroatoms. The summed E-state index contributed by atoms with van der Waals surface area (Å²) in [6.45, 7) is 26.3. The number of methoxy groups -OCH3 is 1. The molecule has 0 aliphatic rings. The van der Waals surface area contributed by atoms with E-state index in [0.717, 1.165) is 92.3 Å². The van der Waals surface area contributed by atoms with Crippen molar-refractivity contribution >= 4 is 26.0 Å². The maximum Gasteiger partial charge on any atom is 0.239 e. The molecule has 0 saturated heterocycles. The molecule has 1 aromatic carbocycles. The van der Waals surface area contributed by atoms with Crippen molar-refractivity contribution in [2.45, 2.75) is 162 Å². The van der Waals surface area contributed by atoms with Crippen molar-refractivity contribution in [1.29, 1.82) is 0 Å². The highest BCUT2D eigenvalue weighted by molar-refractivity contribution is 6.74. The standard InChI is InChI=1S/C39H66N6O3Si/c1-11-14-17-31(18-15-12-2)42-36(46)23-21-34-33(27-30-26-29(28-41-7)20-22-35(30)47-8)37(45-38(40)44-34)43-32(19-16-13-3)24-25-48-49(9,10)39(4,5)6/h20,22,26,31-32H,11-19,21,23-25,27-28H2,1-6,8-10H3,(H,42,46)(H3,40,43,44,45)/t32-/m0/s1. The fourth-order valence-corrected chi connectivity index (χ4v) is 6.80. The van der Waals surface area contributed by atoms with Crippen LogP contribution in [-0.2, 0) is 28.6 Å². The second-order valence-electron chi connectivity index (χ2n) is 14.9. The van der Waals surface area contributed by atoms with Crippen molar-refractivity contribution in [2.75, 3.05) is 24.8 Å².